The summed E-state index contributed by atoms with van der Waals surface area (Å²) < 4.78 is 57.1. The van der Waals surface area contributed by atoms with Crippen LogP contribution in [0.3, 0.4) is 0 Å². The van der Waals surface area contributed by atoms with E-state index in [1.165, 1.54) is 0 Å². The number of rotatable bonds is 3. The molecule has 7 heteroatoms. The van der Waals surface area contributed by atoms with Gasteiger partial charge in [-0.2, -0.15) is 13.2 Å². The molecule has 21 heavy (non-hydrogen) atoms. The summed E-state index contributed by atoms with van der Waals surface area (Å²) in [4.78, 5) is 1.81. The Hall–Kier alpha value is -1.18. The van der Waals surface area contributed by atoms with Gasteiger partial charge in [0.1, 0.15) is 5.82 Å². The van der Waals surface area contributed by atoms with E-state index in [9.17, 15) is 17.6 Å². The molecule has 1 N–H and O–H groups in total. The molecule has 1 fully saturated rings. The van der Waals surface area contributed by atoms with Crippen molar-refractivity contribution in [1.29, 1.82) is 0 Å². The highest BCUT2D eigenvalue weighted by Crippen LogP contribution is 2.31. The van der Waals surface area contributed by atoms with E-state index >= 15 is 0 Å². The van der Waals surface area contributed by atoms with Crippen molar-refractivity contribution in [3.05, 3.63) is 35.1 Å². The molecule has 0 bridgehead atoms. The maximum absolute atomic E-state index is 13.7. The van der Waals surface area contributed by atoms with Crippen LogP contribution in [0.15, 0.2) is 18.2 Å². The van der Waals surface area contributed by atoms with E-state index in [4.69, 9.17) is 9.84 Å². The van der Waals surface area contributed by atoms with E-state index in [1.807, 2.05) is 11.8 Å². The topological polar surface area (TPSA) is 32.7 Å². The lowest BCUT2D eigenvalue weighted by atomic mass is 10.1. The Morgan fingerprint density at radius 2 is 2.10 bits per heavy atom. The number of benzene rings is 1. The first kappa shape index (κ1) is 16.2. The van der Waals surface area contributed by atoms with E-state index < -0.39 is 23.7 Å². The van der Waals surface area contributed by atoms with Crippen LogP contribution in [0.25, 0.3) is 0 Å². The SMILES string of the molecule is C[C@H]1CO[C@@H](CO)CN1Cc1cc(C(F)(F)F)ccc1F. The van der Waals surface area contributed by atoms with Gasteiger partial charge in [0, 0.05) is 24.7 Å². The van der Waals surface area contributed by atoms with Gasteiger partial charge in [0.15, 0.2) is 0 Å². The van der Waals surface area contributed by atoms with E-state index in [-0.39, 0.29) is 24.8 Å². The van der Waals surface area contributed by atoms with Gasteiger partial charge in [-0.15, -0.1) is 0 Å². The fraction of sp³-hybridized carbons (Fsp3) is 0.571. The zero-order chi connectivity index (χ0) is 15.6. The minimum Gasteiger partial charge on any atom is -0.394 e. The van der Waals surface area contributed by atoms with Crippen molar-refractivity contribution in [3.63, 3.8) is 0 Å². The van der Waals surface area contributed by atoms with Crippen LogP contribution in [0.5, 0.6) is 0 Å². The molecule has 1 aromatic carbocycles. The Balaban J connectivity index is 2.18. The summed E-state index contributed by atoms with van der Waals surface area (Å²) in [5.74, 6) is -0.665. The molecule has 1 heterocycles. The van der Waals surface area contributed by atoms with Crippen molar-refractivity contribution in [1.82, 2.24) is 4.90 Å². The van der Waals surface area contributed by atoms with Crippen LogP contribution in [-0.4, -0.2) is 41.9 Å². The van der Waals surface area contributed by atoms with Crippen molar-refractivity contribution in [3.8, 4) is 0 Å². The fourth-order valence-electron chi connectivity index (χ4n) is 2.30. The van der Waals surface area contributed by atoms with Crippen LogP contribution in [-0.2, 0) is 17.5 Å². The predicted octanol–water partition coefficient (Wildman–Crippen LogP) is 2.43. The number of aliphatic hydroxyl groups is 1. The summed E-state index contributed by atoms with van der Waals surface area (Å²) in [7, 11) is 0. The van der Waals surface area contributed by atoms with Gasteiger partial charge in [-0.25, -0.2) is 4.39 Å². The predicted molar refractivity (Wildman–Crippen MR) is 68.1 cm³/mol. The maximum atomic E-state index is 13.7. The minimum atomic E-state index is -4.49. The number of alkyl halides is 3. The molecule has 0 unspecified atom stereocenters. The van der Waals surface area contributed by atoms with Crippen LogP contribution in [0.1, 0.15) is 18.1 Å². The molecule has 2 atom stereocenters. The Labute approximate surface area is 120 Å². The van der Waals surface area contributed by atoms with Gasteiger partial charge in [0.2, 0.25) is 0 Å². The fourth-order valence-corrected chi connectivity index (χ4v) is 2.30. The number of hydrogen-bond acceptors (Lipinski definition) is 3. The van der Waals surface area contributed by atoms with Crippen LogP contribution in [0.4, 0.5) is 17.6 Å². The second-order valence-corrected chi connectivity index (χ2v) is 5.22. The second-order valence-electron chi connectivity index (χ2n) is 5.22. The largest absolute Gasteiger partial charge is 0.416 e. The highest BCUT2D eigenvalue weighted by Gasteiger charge is 2.32. The van der Waals surface area contributed by atoms with E-state index in [2.05, 4.69) is 0 Å². The molecule has 0 amide bonds. The molecular weight excluding hydrogens is 290 g/mol. The molecular formula is C14H17F4NO2. The lowest BCUT2D eigenvalue weighted by Gasteiger charge is -2.37. The monoisotopic (exact) mass is 307 g/mol. The quantitative estimate of drug-likeness (QED) is 0.871. The number of halogens is 4. The van der Waals surface area contributed by atoms with Crippen LogP contribution < -0.4 is 0 Å². The Bertz CT molecular complexity index is 492. The summed E-state index contributed by atoms with van der Waals surface area (Å²) in [5, 5.41) is 9.09. The van der Waals surface area contributed by atoms with Crippen molar-refractivity contribution in [2.45, 2.75) is 31.8 Å². The summed E-state index contributed by atoms with van der Waals surface area (Å²) in [6.07, 6.45) is -4.89. The van der Waals surface area contributed by atoms with Crippen molar-refractivity contribution in [2.24, 2.45) is 0 Å². The third-order valence-electron chi connectivity index (χ3n) is 3.58. The van der Waals surface area contributed by atoms with Gasteiger partial charge in [-0.3, -0.25) is 4.90 Å². The molecule has 1 aliphatic heterocycles. The average molecular weight is 307 g/mol. The zero-order valence-electron chi connectivity index (χ0n) is 11.5. The molecule has 118 valence electrons. The first-order valence-corrected chi connectivity index (χ1v) is 6.63. The summed E-state index contributed by atoms with van der Waals surface area (Å²) in [5.41, 5.74) is -0.867. The third-order valence-corrected chi connectivity index (χ3v) is 3.58. The van der Waals surface area contributed by atoms with Gasteiger partial charge in [0.05, 0.1) is 24.9 Å². The minimum absolute atomic E-state index is 0.00438. The molecule has 1 saturated heterocycles. The molecule has 0 aliphatic carbocycles. The normalized spacial score (nSPS) is 24.3. The van der Waals surface area contributed by atoms with Gasteiger partial charge in [-0.05, 0) is 25.1 Å². The number of hydrogen-bond donors (Lipinski definition) is 1. The summed E-state index contributed by atoms with van der Waals surface area (Å²) in [6, 6.07) is 2.36. The molecule has 0 radical (unpaired) electrons. The van der Waals surface area contributed by atoms with E-state index in [0.717, 1.165) is 18.2 Å². The summed E-state index contributed by atoms with van der Waals surface area (Å²) in [6.45, 7) is 2.43. The summed E-state index contributed by atoms with van der Waals surface area (Å²) >= 11 is 0. The average Bonchev–Trinajstić information content (AvgIpc) is 2.42. The highest BCUT2D eigenvalue weighted by molar-refractivity contribution is 5.27. The molecule has 1 aromatic rings. The Morgan fingerprint density at radius 3 is 2.71 bits per heavy atom. The molecule has 0 spiro atoms. The van der Waals surface area contributed by atoms with Gasteiger partial charge in [-0.1, -0.05) is 0 Å². The van der Waals surface area contributed by atoms with Gasteiger partial charge in [0.25, 0.3) is 0 Å². The lowest BCUT2D eigenvalue weighted by Crippen LogP contribution is -2.48. The smallest absolute Gasteiger partial charge is 0.394 e. The molecule has 3 nitrogen and oxygen atoms in total. The van der Waals surface area contributed by atoms with Gasteiger partial charge >= 0.3 is 6.18 Å². The Morgan fingerprint density at radius 1 is 1.38 bits per heavy atom. The number of aliphatic hydroxyl groups excluding tert-OH is 1. The van der Waals surface area contributed by atoms with Crippen molar-refractivity contribution in [2.75, 3.05) is 19.8 Å². The van der Waals surface area contributed by atoms with Gasteiger partial charge < -0.3 is 9.84 Å². The van der Waals surface area contributed by atoms with Crippen molar-refractivity contribution < 1.29 is 27.4 Å². The zero-order valence-corrected chi connectivity index (χ0v) is 11.5. The standard InChI is InChI=1S/C14H17F4NO2/c1-9-8-21-12(7-20)6-19(9)5-10-4-11(14(16,17)18)2-3-13(10)15/h2-4,9,12,20H,5-8H2,1H3/t9-,12+/m0/s1. The van der Waals surface area contributed by atoms with Crippen molar-refractivity contribution >= 4 is 0 Å². The molecule has 2 rings (SSSR count). The van der Waals surface area contributed by atoms with Crippen LogP contribution >= 0.6 is 0 Å². The molecule has 0 aromatic heterocycles. The van der Waals surface area contributed by atoms with E-state index in [1.54, 1.807) is 0 Å². The number of ether oxygens (including phenoxy) is 1. The first-order chi connectivity index (χ1) is 9.81. The maximum Gasteiger partial charge on any atom is 0.416 e. The second kappa shape index (κ2) is 6.29. The highest BCUT2D eigenvalue weighted by atomic mass is 19.4. The first-order valence-electron chi connectivity index (χ1n) is 6.63. The van der Waals surface area contributed by atoms with Crippen LogP contribution in [0.2, 0.25) is 0 Å². The van der Waals surface area contributed by atoms with Crippen LogP contribution in [0, 0.1) is 5.82 Å². The van der Waals surface area contributed by atoms with E-state index in [0.29, 0.717) is 13.2 Å². The number of nitrogens with zero attached hydrogens (tertiary/aromatic N) is 1. The molecule has 1 aliphatic rings. The molecule has 0 saturated carbocycles. The third kappa shape index (κ3) is 3.93. The number of morpholine rings is 1. The Kier molecular flexibility index (Phi) is 4.85. The lowest BCUT2D eigenvalue weighted by molar-refractivity contribution is -0.137.